The Labute approximate surface area is 205 Å². The van der Waals surface area contributed by atoms with Crippen LogP contribution in [-0.4, -0.2) is 66.7 Å². The van der Waals surface area contributed by atoms with Crippen LogP contribution in [0.2, 0.25) is 0 Å². The lowest BCUT2D eigenvalue weighted by atomic mass is 9.83. The van der Waals surface area contributed by atoms with Crippen LogP contribution < -0.4 is 4.90 Å². The van der Waals surface area contributed by atoms with Gasteiger partial charge in [0.25, 0.3) is 5.91 Å². The van der Waals surface area contributed by atoms with E-state index < -0.39 is 11.5 Å². The highest BCUT2D eigenvalue weighted by Crippen LogP contribution is 2.41. The summed E-state index contributed by atoms with van der Waals surface area (Å²) in [4.78, 5) is 32.0. The van der Waals surface area contributed by atoms with Gasteiger partial charge in [-0.15, -0.1) is 0 Å². The van der Waals surface area contributed by atoms with Gasteiger partial charge in [-0.05, 0) is 43.4 Å². The molecular weight excluding hydrogens is 446 g/mol. The maximum Gasteiger partial charge on any atom is 0.325 e. The quantitative estimate of drug-likeness (QED) is 0.582. The van der Waals surface area contributed by atoms with Gasteiger partial charge in [0.15, 0.2) is 5.76 Å². The molecule has 184 valence electrons. The summed E-state index contributed by atoms with van der Waals surface area (Å²) in [5, 5.41) is 0. The number of carbonyl (C=O) groups is 2. The number of methoxy groups -OCH3 is 1. The number of piperidine rings is 1. The average molecular weight is 478 g/mol. The van der Waals surface area contributed by atoms with Gasteiger partial charge in [0.05, 0.1) is 19.8 Å². The number of amides is 1. The first kappa shape index (κ1) is 23.2. The second kappa shape index (κ2) is 10.00. The maximum absolute atomic E-state index is 13.8. The Morgan fingerprint density at radius 2 is 1.97 bits per heavy atom. The summed E-state index contributed by atoms with van der Waals surface area (Å²) in [7, 11) is 1.35. The number of esters is 1. The average Bonchev–Trinajstić information content (AvgIpc) is 3.17. The summed E-state index contributed by atoms with van der Waals surface area (Å²) in [6, 6.07) is 9.92. The zero-order valence-electron chi connectivity index (χ0n) is 20.0. The van der Waals surface area contributed by atoms with Crippen molar-refractivity contribution in [1.82, 2.24) is 9.80 Å². The van der Waals surface area contributed by atoms with Gasteiger partial charge in [0.1, 0.15) is 30.9 Å². The monoisotopic (exact) mass is 477 g/mol. The Bertz CT molecular complexity index is 1070. The Morgan fingerprint density at radius 1 is 1.17 bits per heavy atom. The van der Waals surface area contributed by atoms with Crippen molar-refractivity contribution in [3.8, 4) is 0 Å². The summed E-state index contributed by atoms with van der Waals surface area (Å²) in [6.07, 6.45) is 14.4. The van der Waals surface area contributed by atoms with Crippen LogP contribution in [0.1, 0.15) is 25.7 Å². The lowest BCUT2D eigenvalue weighted by Gasteiger charge is -2.46. The molecule has 1 spiro atoms. The molecule has 4 aliphatic rings. The first-order valence-electron chi connectivity index (χ1n) is 12.1. The number of benzene rings is 1. The third-order valence-corrected chi connectivity index (χ3v) is 7.31. The molecule has 8 nitrogen and oxygen atoms in total. The fourth-order valence-electron chi connectivity index (χ4n) is 5.54. The molecule has 3 aliphatic heterocycles. The molecule has 35 heavy (non-hydrogen) atoms. The predicted molar refractivity (Wildman–Crippen MR) is 131 cm³/mol. The van der Waals surface area contributed by atoms with Crippen molar-refractivity contribution < 1.29 is 23.8 Å². The number of para-hydroxylation sites is 1. The number of anilines is 1. The minimum absolute atomic E-state index is 0.0119. The van der Waals surface area contributed by atoms with E-state index in [1.54, 1.807) is 17.4 Å². The first-order valence-corrected chi connectivity index (χ1v) is 12.1. The van der Waals surface area contributed by atoms with Gasteiger partial charge >= 0.3 is 5.97 Å². The SMILES string of the molecule is COC(=O)CN1CN(c2ccccc2)C2(CCN(C(C3=CC=CCC3)C3=COC=CO3)CC2)C1=O. The summed E-state index contributed by atoms with van der Waals surface area (Å²) >= 11 is 0. The third-order valence-electron chi connectivity index (χ3n) is 7.31. The molecule has 8 heteroatoms. The largest absolute Gasteiger partial charge is 0.468 e. The number of likely N-dealkylation sites (tertiary alicyclic amines) is 1. The molecule has 0 bridgehead atoms. The van der Waals surface area contributed by atoms with Crippen molar-refractivity contribution in [2.75, 3.05) is 38.3 Å². The minimum Gasteiger partial charge on any atom is -0.468 e. The van der Waals surface area contributed by atoms with Crippen molar-refractivity contribution in [2.45, 2.75) is 37.3 Å². The molecule has 5 rings (SSSR count). The molecule has 0 N–H and O–H groups in total. The number of hydrogen-bond donors (Lipinski definition) is 0. The lowest BCUT2D eigenvalue weighted by Crippen LogP contribution is -2.58. The third kappa shape index (κ3) is 4.46. The second-order valence-electron chi connectivity index (χ2n) is 9.21. The van der Waals surface area contributed by atoms with E-state index in [2.05, 4.69) is 28.0 Å². The van der Waals surface area contributed by atoms with Crippen molar-refractivity contribution in [2.24, 2.45) is 0 Å². The number of hydrogen-bond acceptors (Lipinski definition) is 7. The number of allylic oxidation sites excluding steroid dienone is 3. The molecular formula is C27H31N3O5. The molecule has 2 saturated heterocycles. The standard InChI is InChI=1S/C27H31N3O5/c1-33-24(31)18-29-20-30(22-10-6-3-7-11-22)27(26(29)32)12-14-28(15-13-27)25(21-8-4-2-5-9-21)23-19-34-16-17-35-23/h2-4,6-8,10-11,16-17,19,25H,5,9,12-15,18,20H2,1H3. The van der Waals surface area contributed by atoms with Gasteiger partial charge in [-0.2, -0.15) is 0 Å². The van der Waals surface area contributed by atoms with Crippen molar-refractivity contribution in [3.05, 3.63) is 78.7 Å². The Morgan fingerprint density at radius 3 is 2.63 bits per heavy atom. The topological polar surface area (TPSA) is 71.6 Å². The fraction of sp³-hybridized carbons (Fsp3) is 0.407. The van der Waals surface area contributed by atoms with E-state index in [0.717, 1.165) is 24.3 Å². The molecule has 1 atom stereocenters. The molecule has 3 heterocycles. The maximum atomic E-state index is 13.8. The van der Waals surface area contributed by atoms with Crippen LogP contribution in [0, 0.1) is 0 Å². The number of ether oxygens (including phenoxy) is 3. The zero-order chi connectivity index (χ0) is 24.3. The molecule has 1 unspecified atom stereocenters. The van der Waals surface area contributed by atoms with Gasteiger partial charge < -0.3 is 24.0 Å². The van der Waals surface area contributed by atoms with Crippen LogP contribution in [0.5, 0.6) is 0 Å². The van der Waals surface area contributed by atoms with Crippen LogP contribution in [0.15, 0.2) is 78.7 Å². The molecule has 0 radical (unpaired) electrons. The molecule has 0 aromatic heterocycles. The number of rotatable bonds is 6. The number of nitrogens with zero attached hydrogens (tertiary/aromatic N) is 3. The minimum atomic E-state index is -0.699. The summed E-state index contributed by atoms with van der Waals surface area (Å²) in [5.74, 6) is 0.338. The van der Waals surface area contributed by atoms with E-state index in [1.165, 1.54) is 18.9 Å². The highest BCUT2D eigenvalue weighted by atomic mass is 16.5. The van der Waals surface area contributed by atoms with Crippen molar-refractivity contribution in [1.29, 1.82) is 0 Å². The van der Waals surface area contributed by atoms with E-state index in [4.69, 9.17) is 14.2 Å². The first-order chi connectivity index (χ1) is 17.1. The van der Waals surface area contributed by atoms with Crippen LogP contribution >= 0.6 is 0 Å². The van der Waals surface area contributed by atoms with Gasteiger partial charge in [-0.3, -0.25) is 14.5 Å². The van der Waals surface area contributed by atoms with Crippen LogP contribution in [-0.2, 0) is 23.8 Å². The molecule has 2 fully saturated rings. The second-order valence-corrected chi connectivity index (χ2v) is 9.21. The highest BCUT2D eigenvalue weighted by molar-refractivity contribution is 5.95. The highest BCUT2D eigenvalue weighted by Gasteiger charge is 2.54. The van der Waals surface area contributed by atoms with E-state index >= 15 is 0 Å². The van der Waals surface area contributed by atoms with Gasteiger partial charge in [-0.1, -0.05) is 36.4 Å². The Kier molecular flexibility index (Phi) is 6.63. The Balaban J connectivity index is 1.41. The van der Waals surface area contributed by atoms with Crippen LogP contribution in [0.25, 0.3) is 0 Å². The molecule has 1 aliphatic carbocycles. The summed E-state index contributed by atoms with van der Waals surface area (Å²) in [6.45, 7) is 1.73. The fourth-order valence-corrected chi connectivity index (χ4v) is 5.54. The molecule has 1 amide bonds. The normalized spacial score (nSPS) is 22.4. The molecule has 1 aromatic rings. The van der Waals surface area contributed by atoms with E-state index in [0.29, 0.717) is 32.6 Å². The molecule has 0 saturated carbocycles. The van der Waals surface area contributed by atoms with Gasteiger partial charge in [-0.25, -0.2) is 0 Å². The summed E-state index contributed by atoms with van der Waals surface area (Å²) in [5.41, 5.74) is 1.56. The number of carbonyl (C=O) groups excluding carboxylic acids is 2. The van der Waals surface area contributed by atoms with Crippen LogP contribution in [0.4, 0.5) is 5.69 Å². The van der Waals surface area contributed by atoms with E-state index in [-0.39, 0.29) is 18.5 Å². The molecule has 1 aromatic carbocycles. The predicted octanol–water partition coefficient (Wildman–Crippen LogP) is 3.30. The lowest BCUT2D eigenvalue weighted by molar-refractivity contribution is -0.147. The van der Waals surface area contributed by atoms with Crippen LogP contribution in [0.3, 0.4) is 0 Å². The smallest absolute Gasteiger partial charge is 0.325 e. The van der Waals surface area contributed by atoms with Gasteiger partial charge in [0, 0.05) is 18.8 Å². The zero-order valence-corrected chi connectivity index (χ0v) is 20.0. The Hall–Kier alpha value is -3.52. The summed E-state index contributed by atoms with van der Waals surface area (Å²) < 4.78 is 16.2. The van der Waals surface area contributed by atoms with Crippen molar-refractivity contribution in [3.63, 3.8) is 0 Å². The van der Waals surface area contributed by atoms with E-state index in [1.807, 2.05) is 30.3 Å². The van der Waals surface area contributed by atoms with Gasteiger partial charge in [0.2, 0.25) is 0 Å². The van der Waals surface area contributed by atoms with E-state index in [9.17, 15) is 9.59 Å². The van der Waals surface area contributed by atoms with Crippen molar-refractivity contribution >= 4 is 17.6 Å².